The molecule has 3 aliphatic rings. The van der Waals surface area contributed by atoms with Gasteiger partial charge in [-0.05, 0) is 55.2 Å². The highest BCUT2D eigenvalue weighted by Crippen LogP contribution is 2.43. The lowest BCUT2D eigenvalue weighted by molar-refractivity contribution is -0.605. The molecule has 2 aliphatic heterocycles. The van der Waals surface area contributed by atoms with Crippen LogP contribution < -0.4 is 10.0 Å². The molecule has 2 saturated heterocycles. The third-order valence-corrected chi connectivity index (χ3v) is 9.36. The second kappa shape index (κ2) is 13.9. The minimum atomic E-state index is -0.447. The molecule has 3 heterocycles. The average Bonchev–Trinajstić information content (AvgIpc) is 3.48. The summed E-state index contributed by atoms with van der Waals surface area (Å²) in [6.45, 7) is 5.41. The largest absolute Gasteiger partial charge is 0.619 e. The van der Waals surface area contributed by atoms with Crippen molar-refractivity contribution in [3.63, 3.8) is 0 Å². The van der Waals surface area contributed by atoms with Gasteiger partial charge >= 0.3 is 0 Å². The second-order valence-corrected chi connectivity index (χ2v) is 12.3. The van der Waals surface area contributed by atoms with Crippen LogP contribution in [-0.2, 0) is 33.9 Å². The molecule has 1 spiro atoms. The highest BCUT2D eigenvalue weighted by atomic mass is 16.5. The van der Waals surface area contributed by atoms with E-state index in [0.717, 1.165) is 76.1 Å². The van der Waals surface area contributed by atoms with Gasteiger partial charge in [-0.2, -0.15) is 4.73 Å². The third-order valence-electron chi connectivity index (χ3n) is 9.36. The Morgan fingerprint density at radius 2 is 1.55 bits per heavy atom. The maximum absolute atomic E-state index is 13.6. The van der Waals surface area contributed by atoms with Crippen LogP contribution in [0.5, 0.6) is 0 Å². The van der Waals surface area contributed by atoms with Crippen LogP contribution >= 0.6 is 0 Å². The lowest BCUT2D eigenvalue weighted by Crippen LogP contribution is -2.46. The molecular formula is C35H42N4O5. The Labute approximate surface area is 259 Å². The molecule has 0 bridgehead atoms. The lowest BCUT2D eigenvalue weighted by Gasteiger charge is -2.41. The third kappa shape index (κ3) is 7.46. The molecule has 232 valence electrons. The number of pyridine rings is 1. The van der Waals surface area contributed by atoms with Crippen LogP contribution in [0, 0.1) is 5.21 Å². The van der Waals surface area contributed by atoms with Gasteiger partial charge in [-0.1, -0.05) is 54.6 Å². The molecule has 1 N–H and O–H groups in total. The van der Waals surface area contributed by atoms with Crippen molar-refractivity contribution in [2.24, 2.45) is 0 Å². The van der Waals surface area contributed by atoms with Gasteiger partial charge in [0.15, 0.2) is 12.4 Å². The molecule has 9 heteroatoms. The average molecular weight is 599 g/mol. The lowest BCUT2D eigenvalue weighted by atomic mass is 9.79. The van der Waals surface area contributed by atoms with Gasteiger partial charge in [0.05, 0.1) is 24.4 Å². The number of rotatable bonds is 9. The Balaban J connectivity index is 1.01. The molecule has 2 aromatic carbocycles. The number of nitrogens with one attached hydrogen (secondary N) is 1. The summed E-state index contributed by atoms with van der Waals surface area (Å²) in [5.74, 6) is -0.129. The summed E-state index contributed by atoms with van der Waals surface area (Å²) in [7, 11) is 0. The van der Waals surface area contributed by atoms with Crippen LogP contribution in [0.2, 0.25) is 0 Å². The van der Waals surface area contributed by atoms with Crippen molar-refractivity contribution in [2.75, 3.05) is 26.3 Å². The number of carbonyl (C=O) groups excluding carboxylic acids is 2. The normalized spacial score (nSPS) is 23.8. The first-order valence-electron chi connectivity index (χ1n) is 15.8. The number of ether oxygens (including phenoxy) is 2. The highest BCUT2D eigenvalue weighted by Gasteiger charge is 2.46. The number of hydrogen-bond donors (Lipinski definition) is 1. The topological polar surface area (TPSA) is 98.1 Å². The Bertz CT molecular complexity index is 1380. The number of aromatic nitrogens is 1. The fraction of sp³-hybridized carbons (Fsp3) is 0.457. The van der Waals surface area contributed by atoms with Crippen molar-refractivity contribution in [1.29, 1.82) is 0 Å². The molecular weight excluding hydrogens is 556 g/mol. The van der Waals surface area contributed by atoms with Gasteiger partial charge in [-0.25, -0.2) is 0 Å². The molecule has 9 nitrogen and oxygen atoms in total. The quantitative estimate of drug-likeness (QED) is 0.296. The van der Waals surface area contributed by atoms with E-state index in [1.165, 1.54) is 18.0 Å². The predicted molar refractivity (Wildman–Crippen MR) is 165 cm³/mol. The van der Waals surface area contributed by atoms with Crippen molar-refractivity contribution in [3.05, 3.63) is 107 Å². The van der Waals surface area contributed by atoms with Crippen LogP contribution in [0.3, 0.4) is 0 Å². The molecule has 1 saturated carbocycles. The minimum absolute atomic E-state index is 0.0515. The molecule has 1 atom stereocenters. The van der Waals surface area contributed by atoms with E-state index in [2.05, 4.69) is 34.5 Å². The molecule has 3 fully saturated rings. The van der Waals surface area contributed by atoms with Crippen LogP contribution in [-0.4, -0.2) is 65.7 Å². The van der Waals surface area contributed by atoms with Crippen LogP contribution in [0.1, 0.15) is 65.6 Å². The number of morpholine rings is 1. The highest BCUT2D eigenvalue weighted by molar-refractivity contribution is 5.94. The van der Waals surface area contributed by atoms with Crippen LogP contribution in [0.15, 0.2) is 79.1 Å². The number of nitrogens with zero attached hydrogens (tertiary/aromatic N) is 3. The zero-order valence-corrected chi connectivity index (χ0v) is 25.2. The van der Waals surface area contributed by atoms with E-state index in [-0.39, 0.29) is 23.5 Å². The van der Waals surface area contributed by atoms with E-state index in [9.17, 15) is 14.8 Å². The second-order valence-electron chi connectivity index (χ2n) is 12.3. The maximum atomic E-state index is 13.6. The molecule has 44 heavy (non-hydrogen) atoms. The number of amides is 2. The van der Waals surface area contributed by atoms with Gasteiger partial charge in [0.2, 0.25) is 5.91 Å². The Morgan fingerprint density at radius 3 is 2.25 bits per heavy atom. The summed E-state index contributed by atoms with van der Waals surface area (Å²) in [5.41, 5.74) is 3.60. The molecule has 1 aliphatic carbocycles. The maximum Gasteiger partial charge on any atom is 0.254 e. The van der Waals surface area contributed by atoms with Gasteiger partial charge in [0.25, 0.3) is 5.91 Å². The number of hydrogen-bond acceptors (Lipinski definition) is 6. The summed E-state index contributed by atoms with van der Waals surface area (Å²) >= 11 is 0. The van der Waals surface area contributed by atoms with Gasteiger partial charge in [0.1, 0.15) is 6.10 Å². The molecule has 6 rings (SSSR count). The van der Waals surface area contributed by atoms with E-state index >= 15 is 0 Å². The van der Waals surface area contributed by atoms with E-state index in [0.29, 0.717) is 29.8 Å². The van der Waals surface area contributed by atoms with E-state index < -0.39 is 6.10 Å². The molecule has 1 aromatic heterocycles. The Hall–Kier alpha value is -3.79. The Kier molecular flexibility index (Phi) is 9.54. The fourth-order valence-electron chi connectivity index (χ4n) is 6.76. The molecule has 3 aromatic rings. The monoisotopic (exact) mass is 598 g/mol. The summed E-state index contributed by atoms with van der Waals surface area (Å²) in [6.07, 6.45) is 7.06. The fourth-order valence-corrected chi connectivity index (χ4v) is 6.76. The zero-order valence-electron chi connectivity index (χ0n) is 25.2. The van der Waals surface area contributed by atoms with Crippen molar-refractivity contribution in [1.82, 2.24) is 15.1 Å². The summed E-state index contributed by atoms with van der Waals surface area (Å²) in [6, 6.07) is 21.7. The van der Waals surface area contributed by atoms with E-state index in [1.54, 1.807) is 12.1 Å². The number of carbonyl (C=O) groups is 2. The van der Waals surface area contributed by atoms with Crippen molar-refractivity contribution >= 4 is 11.8 Å². The van der Waals surface area contributed by atoms with E-state index in [1.807, 2.05) is 35.2 Å². The smallest absolute Gasteiger partial charge is 0.254 e. The van der Waals surface area contributed by atoms with Crippen molar-refractivity contribution < 1.29 is 23.8 Å². The standard InChI is InChI=1S/C35H42N4O5/c40-33(36-24-27-6-8-29(9-7-27)25-37-20-22-43-23-21-37)32-12-17-35(44-32)15-10-31(11-16-35)39(26-28-4-2-1-3-5-28)34(41)30-13-18-38(42)19-14-30/h1-9,13-14,18-19,31-32H,10-12,15-17,20-26H2,(H,36,40). The molecule has 1 unspecified atom stereocenters. The summed E-state index contributed by atoms with van der Waals surface area (Å²) < 4.78 is 12.6. The first-order valence-corrected chi connectivity index (χ1v) is 15.8. The predicted octanol–water partition coefficient (Wildman–Crippen LogP) is 3.97. The van der Waals surface area contributed by atoms with Crippen molar-refractivity contribution in [2.45, 2.75) is 75.9 Å². The first-order chi connectivity index (χ1) is 21.5. The number of benzene rings is 2. The van der Waals surface area contributed by atoms with Gasteiger partial charge in [0, 0.05) is 50.9 Å². The molecule has 2 amide bonds. The minimum Gasteiger partial charge on any atom is -0.619 e. The summed E-state index contributed by atoms with van der Waals surface area (Å²) in [5, 5.41) is 14.6. The van der Waals surface area contributed by atoms with Gasteiger partial charge < -0.3 is 24.9 Å². The van der Waals surface area contributed by atoms with Gasteiger partial charge in [-0.15, -0.1) is 0 Å². The van der Waals surface area contributed by atoms with Gasteiger partial charge in [-0.3, -0.25) is 14.5 Å². The van der Waals surface area contributed by atoms with Crippen LogP contribution in [0.25, 0.3) is 0 Å². The Morgan fingerprint density at radius 1 is 0.886 bits per heavy atom. The first kappa shape index (κ1) is 30.2. The van der Waals surface area contributed by atoms with Crippen molar-refractivity contribution in [3.8, 4) is 0 Å². The summed E-state index contributed by atoms with van der Waals surface area (Å²) in [4.78, 5) is 31.1. The molecule has 0 radical (unpaired) electrons. The van der Waals surface area contributed by atoms with E-state index in [4.69, 9.17) is 9.47 Å². The zero-order chi connectivity index (χ0) is 30.4. The van der Waals surface area contributed by atoms with Crippen LogP contribution in [0.4, 0.5) is 0 Å². The SMILES string of the molecule is O=C(NCc1ccc(CN2CCOCC2)cc1)C1CCC2(CCC(N(Cc3ccccc3)C(=O)c3cc[n+]([O-])cc3)CC2)O1.